The number of benzene rings is 1. The Morgan fingerprint density at radius 1 is 1.08 bits per heavy atom. The Balaban J connectivity index is 1.69. The number of nitrogens with zero attached hydrogens (tertiary/aromatic N) is 2. The third-order valence-corrected chi connectivity index (χ3v) is 4.45. The Hall–Kier alpha value is -2.70. The largest absolute Gasteiger partial charge is 0.352 e. The highest BCUT2D eigenvalue weighted by Gasteiger charge is 2.13. The van der Waals surface area contributed by atoms with E-state index >= 15 is 0 Å². The normalized spacial score (nSPS) is 10.5. The molecule has 0 aliphatic heterocycles. The van der Waals surface area contributed by atoms with Crippen LogP contribution in [0.15, 0.2) is 53.6 Å². The standard InChI is InChI=1S/C18H14Cl2N4O2/c19-14-2-1-11(9-15(14)20)3-8-22-17(25)13-10-16(23-24-18(13)26)12-4-6-21-7-5-12/h1-2,4-7,9-10H,3,8H2,(H,22,25)(H,24,26). The first-order chi connectivity index (χ1) is 12.5. The molecule has 2 N–H and O–H groups in total. The summed E-state index contributed by atoms with van der Waals surface area (Å²) in [6, 6.07) is 10.2. The maximum absolute atomic E-state index is 12.3. The molecule has 0 spiro atoms. The Morgan fingerprint density at radius 2 is 1.85 bits per heavy atom. The number of pyridine rings is 1. The predicted octanol–water partition coefficient (Wildman–Crippen LogP) is 3.11. The lowest BCUT2D eigenvalue weighted by atomic mass is 10.1. The van der Waals surface area contributed by atoms with Crippen LogP contribution in [0.25, 0.3) is 11.3 Å². The lowest BCUT2D eigenvalue weighted by molar-refractivity contribution is 0.0952. The summed E-state index contributed by atoms with van der Waals surface area (Å²) in [5, 5.41) is 9.98. The predicted molar refractivity (Wildman–Crippen MR) is 101 cm³/mol. The van der Waals surface area contributed by atoms with Crippen LogP contribution in [0.5, 0.6) is 0 Å². The second kappa shape index (κ2) is 8.12. The van der Waals surface area contributed by atoms with E-state index in [9.17, 15) is 9.59 Å². The van der Waals surface area contributed by atoms with Crippen LogP contribution in [0.3, 0.4) is 0 Å². The quantitative estimate of drug-likeness (QED) is 0.702. The number of halogens is 2. The fourth-order valence-electron chi connectivity index (χ4n) is 2.36. The third-order valence-electron chi connectivity index (χ3n) is 3.71. The fraction of sp³-hybridized carbons (Fsp3) is 0.111. The van der Waals surface area contributed by atoms with Crippen molar-refractivity contribution < 1.29 is 4.79 Å². The van der Waals surface area contributed by atoms with Gasteiger partial charge < -0.3 is 5.32 Å². The molecule has 2 aromatic heterocycles. The Bertz CT molecular complexity index is 990. The van der Waals surface area contributed by atoms with Gasteiger partial charge in [0.1, 0.15) is 5.56 Å². The van der Waals surface area contributed by atoms with Crippen molar-refractivity contribution in [3.05, 3.63) is 80.3 Å². The summed E-state index contributed by atoms with van der Waals surface area (Å²) in [5.41, 5.74) is 1.62. The monoisotopic (exact) mass is 388 g/mol. The van der Waals surface area contributed by atoms with Crippen LogP contribution in [-0.2, 0) is 6.42 Å². The maximum Gasteiger partial charge on any atom is 0.277 e. The topological polar surface area (TPSA) is 87.7 Å². The van der Waals surface area contributed by atoms with E-state index in [-0.39, 0.29) is 5.56 Å². The molecule has 3 rings (SSSR count). The average Bonchev–Trinajstić information content (AvgIpc) is 2.65. The molecule has 132 valence electrons. The second-order valence-corrected chi connectivity index (χ2v) is 6.30. The number of hydrogen-bond donors (Lipinski definition) is 2. The average molecular weight is 389 g/mol. The van der Waals surface area contributed by atoms with Crippen molar-refractivity contribution in [1.82, 2.24) is 20.5 Å². The van der Waals surface area contributed by atoms with Crippen LogP contribution >= 0.6 is 23.2 Å². The number of H-pyrrole nitrogens is 1. The minimum Gasteiger partial charge on any atom is -0.352 e. The van der Waals surface area contributed by atoms with E-state index in [0.29, 0.717) is 28.7 Å². The molecular weight excluding hydrogens is 375 g/mol. The highest BCUT2D eigenvalue weighted by Crippen LogP contribution is 2.22. The smallest absolute Gasteiger partial charge is 0.277 e. The third kappa shape index (κ3) is 4.28. The Labute approximate surface area is 159 Å². The minimum absolute atomic E-state index is 0.000880. The van der Waals surface area contributed by atoms with Crippen molar-refractivity contribution in [2.75, 3.05) is 6.54 Å². The highest BCUT2D eigenvalue weighted by molar-refractivity contribution is 6.42. The SMILES string of the molecule is O=C(NCCc1ccc(Cl)c(Cl)c1)c1cc(-c2ccncc2)n[nH]c1=O. The number of amides is 1. The zero-order valence-corrected chi connectivity index (χ0v) is 15.0. The van der Waals surface area contributed by atoms with Crippen LogP contribution in [0.1, 0.15) is 15.9 Å². The summed E-state index contributed by atoms with van der Waals surface area (Å²) < 4.78 is 0. The molecule has 0 saturated carbocycles. The molecule has 0 radical (unpaired) electrons. The number of carbonyl (C=O) groups is 1. The first-order valence-electron chi connectivity index (χ1n) is 7.77. The van der Waals surface area contributed by atoms with Crippen LogP contribution in [0, 0.1) is 0 Å². The summed E-state index contributed by atoms with van der Waals surface area (Å²) in [5.74, 6) is -0.469. The van der Waals surface area contributed by atoms with Gasteiger partial charge in [-0.05, 0) is 42.3 Å². The first kappa shape index (κ1) is 18.1. The van der Waals surface area contributed by atoms with E-state index in [1.807, 2.05) is 6.07 Å². The zero-order valence-electron chi connectivity index (χ0n) is 13.5. The number of carbonyl (C=O) groups excluding carboxylic acids is 1. The van der Waals surface area contributed by atoms with Gasteiger partial charge in [-0.2, -0.15) is 5.10 Å². The molecule has 0 atom stereocenters. The van der Waals surface area contributed by atoms with Gasteiger partial charge in [-0.1, -0.05) is 29.3 Å². The molecular formula is C18H14Cl2N4O2. The van der Waals surface area contributed by atoms with Crippen LogP contribution in [0.4, 0.5) is 0 Å². The molecule has 6 nitrogen and oxygen atoms in total. The maximum atomic E-state index is 12.3. The summed E-state index contributed by atoms with van der Waals surface area (Å²) in [7, 11) is 0. The lowest BCUT2D eigenvalue weighted by Crippen LogP contribution is -2.31. The summed E-state index contributed by atoms with van der Waals surface area (Å²) in [6.07, 6.45) is 3.78. The minimum atomic E-state index is -0.546. The van der Waals surface area contributed by atoms with Gasteiger partial charge in [0.15, 0.2) is 0 Å². The highest BCUT2D eigenvalue weighted by atomic mass is 35.5. The number of rotatable bonds is 5. The van der Waals surface area contributed by atoms with E-state index in [1.165, 1.54) is 6.07 Å². The van der Waals surface area contributed by atoms with E-state index in [4.69, 9.17) is 23.2 Å². The van der Waals surface area contributed by atoms with Crippen molar-refractivity contribution in [2.45, 2.75) is 6.42 Å². The summed E-state index contributed by atoms with van der Waals surface area (Å²) in [4.78, 5) is 28.2. The molecule has 1 aromatic carbocycles. The molecule has 26 heavy (non-hydrogen) atoms. The zero-order chi connectivity index (χ0) is 18.5. The molecule has 2 heterocycles. The van der Waals surface area contributed by atoms with Crippen molar-refractivity contribution in [3.8, 4) is 11.3 Å². The van der Waals surface area contributed by atoms with Gasteiger partial charge in [0.2, 0.25) is 0 Å². The Kier molecular flexibility index (Phi) is 5.65. The number of hydrogen-bond acceptors (Lipinski definition) is 4. The van der Waals surface area contributed by atoms with E-state index in [0.717, 1.165) is 11.1 Å². The Morgan fingerprint density at radius 3 is 2.58 bits per heavy atom. The van der Waals surface area contributed by atoms with Crippen molar-refractivity contribution in [3.63, 3.8) is 0 Å². The van der Waals surface area contributed by atoms with Crippen molar-refractivity contribution in [2.24, 2.45) is 0 Å². The van der Waals surface area contributed by atoms with Crippen molar-refractivity contribution in [1.29, 1.82) is 0 Å². The number of nitrogens with one attached hydrogen (secondary N) is 2. The second-order valence-electron chi connectivity index (χ2n) is 5.49. The van der Waals surface area contributed by atoms with Gasteiger partial charge >= 0.3 is 0 Å². The van der Waals surface area contributed by atoms with E-state index < -0.39 is 11.5 Å². The lowest BCUT2D eigenvalue weighted by Gasteiger charge is -2.07. The molecule has 1 amide bonds. The molecule has 8 heteroatoms. The van der Waals surface area contributed by atoms with Gasteiger partial charge in [0.25, 0.3) is 11.5 Å². The van der Waals surface area contributed by atoms with Gasteiger partial charge in [-0.25, -0.2) is 5.10 Å². The molecule has 0 unspecified atom stereocenters. The van der Waals surface area contributed by atoms with Gasteiger partial charge in [-0.3, -0.25) is 14.6 Å². The number of aromatic amines is 1. The molecule has 0 fully saturated rings. The van der Waals surface area contributed by atoms with E-state index in [2.05, 4.69) is 20.5 Å². The van der Waals surface area contributed by atoms with Gasteiger partial charge in [0.05, 0.1) is 15.7 Å². The number of aromatic nitrogens is 3. The van der Waals surface area contributed by atoms with Crippen molar-refractivity contribution >= 4 is 29.1 Å². The summed E-state index contributed by atoms with van der Waals surface area (Å²) >= 11 is 11.8. The summed E-state index contributed by atoms with van der Waals surface area (Å²) in [6.45, 7) is 0.350. The van der Waals surface area contributed by atoms with Crippen LogP contribution in [-0.4, -0.2) is 27.6 Å². The van der Waals surface area contributed by atoms with Crippen LogP contribution < -0.4 is 10.9 Å². The molecule has 0 bridgehead atoms. The van der Waals surface area contributed by atoms with Gasteiger partial charge in [0, 0.05) is 24.5 Å². The molecule has 0 aliphatic carbocycles. The molecule has 3 aromatic rings. The fourth-order valence-corrected chi connectivity index (χ4v) is 2.68. The first-order valence-corrected chi connectivity index (χ1v) is 8.52. The van der Waals surface area contributed by atoms with E-state index in [1.54, 1.807) is 36.7 Å². The molecule has 0 saturated heterocycles. The molecule has 0 aliphatic rings. The van der Waals surface area contributed by atoms with Crippen LogP contribution in [0.2, 0.25) is 10.0 Å². The van der Waals surface area contributed by atoms with Gasteiger partial charge in [-0.15, -0.1) is 0 Å².